The smallest absolute Gasteiger partial charge is 0.290 e. The van der Waals surface area contributed by atoms with Crippen LogP contribution < -0.4 is 0 Å². The van der Waals surface area contributed by atoms with E-state index in [4.69, 9.17) is 14.4 Å². The molecule has 0 bridgehead atoms. The molecule has 2 atom stereocenters. The molecule has 0 aliphatic carbocycles. The molecular formula is C15H22N4O5. The van der Waals surface area contributed by atoms with Crippen molar-refractivity contribution >= 4 is 18.3 Å². The number of carboxylic acid groups (broad SMARTS) is 1. The molecule has 132 valence electrons. The van der Waals surface area contributed by atoms with E-state index in [1.54, 1.807) is 16.7 Å². The minimum absolute atomic E-state index is 0.0103. The van der Waals surface area contributed by atoms with Gasteiger partial charge in [0.25, 0.3) is 6.47 Å². The van der Waals surface area contributed by atoms with Crippen LogP contribution in [0, 0.1) is 0 Å². The lowest BCUT2D eigenvalue weighted by Gasteiger charge is -2.40. The highest BCUT2D eigenvalue weighted by Crippen LogP contribution is 2.27. The van der Waals surface area contributed by atoms with Crippen molar-refractivity contribution in [2.24, 2.45) is 0 Å². The van der Waals surface area contributed by atoms with E-state index in [2.05, 4.69) is 10.1 Å². The van der Waals surface area contributed by atoms with Crippen LogP contribution in [0.4, 0.5) is 0 Å². The third-order valence-corrected chi connectivity index (χ3v) is 4.23. The molecule has 2 aliphatic heterocycles. The van der Waals surface area contributed by atoms with Gasteiger partial charge in [0.15, 0.2) is 5.82 Å². The molecule has 1 aromatic heterocycles. The molecule has 2 saturated heterocycles. The average molecular weight is 338 g/mol. The zero-order chi connectivity index (χ0) is 17.9. The number of hydrogen-bond acceptors (Lipinski definition) is 6. The fourth-order valence-corrected chi connectivity index (χ4v) is 2.97. The second-order valence-electron chi connectivity index (χ2n) is 6.14. The lowest BCUT2D eigenvalue weighted by atomic mass is 10.1. The van der Waals surface area contributed by atoms with Crippen LogP contribution in [0.3, 0.4) is 0 Å². The van der Waals surface area contributed by atoms with Crippen LogP contribution >= 0.6 is 0 Å². The van der Waals surface area contributed by atoms with Crippen LogP contribution in [0.25, 0.3) is 0 Å². The van der Waals surface area contributed by atoms with Crippen molar-refractivity contribution in [2.75, 3.05) is 6.54 Å². The number of hydrogen-bond donors (Lipinski definition) is 1. The monoisotopic (exact) mass is 338 g/mol. The Hall–Kier alpha value is -2.45. The number of carbonyl (C=O) groups excluding carboxylic acids is 2. The van der Waals surface area contributed by atoms with Crippen LogP contribution in [0.15, 0.2) is 4.52 Å². The molecule has 1 N–H and O–H groups in total. The summed E-state index contributed by atoms with van der Waals surface area (Å²) in [5, 5.41) is 10.8. The van der Waals surface area contributed by atoms with E-state index in [0.717, 1.165) is 12.8 Å². The van der Waals surface area contributed by atoms with Gasteiger partial charge < -0.3 is 19.4 Å². The second kappa shape index (κ2) is 7.41. The zero-order valence-electron chi connectivity index (χ0n) is 14.0. The van der Waals surface area contributed by atoms with Crippen molar-refractivity contribution < 1.29 is 24.0 Å². The SMILES string of the molecule is CC(C)c1noc(CN2C(=O)[C@H]3CCCN3C(=O)[C@@H]2C)n1.O=CO. The number of piperazine rings is 1. The van der Waals surface area contributed by atoms with Crippen molar-refractivity contribution in [3.05, 3.63) is 11.7 Å². The molecule has 3 rings (SSSR count). The summed E-state index contributed by atoms with van der Waals surface area (Å²) in [5.41, 5.74) is 0. The van der Waals surface area contributed by atoms with Crippen LogP contribution in [0.2, 0.25) is 0 Å². The van der Waals surface area contributed by atoms with E-state index in [-0.39, 0.29) is 36.8 Å². The molecule has 24 heavy (non-hydrogen) atoms. The molecule has 3 heterocycles. The molecule has 9 heteroatoms. The molecule has 0 aromatic carbocycles. The van der Waals surface area contributed by atoms with Gasteiger partial charge in [-0.2, -0.15) is 4.98 Å². The summed E-state index contributed by atoms with van der Waals surface area (Å²) in [6.45, 7) is 6.35. The fourth-order valence-electron chi connectivity index (χ4n) is 2.97. The van der Waals surface area contributed by atoms with Gasteiger partial charge >= 0.3 is 0 Å². The Kier molecular flexibility index (Phi) is 5.53. The third-order valence-electron chi connectivity index (χ3n) is 4.23. The Morgan fingerprint density at radius 2 is 2.04 bits per heavy atom. The molecule has 2 amide bonds. The van der Waals surface area contributed by atoms with E-state index < -0.39 is 6.04 Å². The van der Waals surface area contributed by atoms with E-state index in [1.165, 1.54) is 0 Å². The maximum atomic E-state index is 12.6. The Bertz CT molecular complexity index is 615. The summed E-state index contributed by atoms with van der Waals surface area (Å²) in [6, 6.07) is -0.776. The summed E-state index contributed by atoms with van der Waals surface area (Å²) >= 11 is 0. The number of carbonyl (C=O) groups is 3. The summed E-state index contributed by atoms with van der Waals surface area (Å²) in [7, 11) is 0. The predicted octanol–water partition coefficient (Wildman–Crippen LogP) is 0.616. The zero-order valence-corrected chi connectivity index (χ0v) is 14.0. The Morgan fingerprint density at radius 3 is 2.62 bits per heavy atom. The molecular weight excluding hydrogens is 316 g/mol. The van der Waals surface area contributed by atoms with Crippen molar-refractivity contribution in [3.63, 3.8) is 0 Å². The first-order chi connectivity index (χ1) is 11.4. The first kappa shape index (κ1) is 17.9. The highest BCUT2D eigenvalue weighted by Gasteiger charge is 2.46. The molecule has 0 spiro atoms. The van der Waals surface area contributed by atoms with Gasteiger partial charge in [-0.1, -0.05) is 19.0 Å². The first-order valence-electron chi connectivity index (χ1n) is 7.92. The van der Waals surface area contributed by atoms with Gasteiger partial charge in [0.1, 0.15) is 18.6 Å². The molecule has 0 saturated carbocycles. The molecule has 2 fully saturated rings. The van der Waals surface area contributed by atoms with Crippen molar-refractivity contribution in [2.45, 2.75) is 58.2 Å². The average Bonchev–Trinajstić information content (AvgIpc) is 3.19. The molecule has 9 nitrogen and oxygen atoms in total. The van der Waals surface area contributed by atoms with Crippen molar-refractivity contribution in [1.29, 1.82) is 0 Å². The minimum atomic E-state index is -0.471. The van der Waals surface area contributed by atoms with Gasteiger partial charge in [-0.15, -0.1) is 0 Å². The van der Waals surface area contributed by atoms with Gasteiger partial charge in [0, 0.05) is 12.5 Å². The van der Waals surface area contributed by atoms with E-state index in [9.17, 15) is 9.59 Å². The molecule has 0 radical (unpaired) electrons. The number of aromatic nitrogens is 2. The maximum Gasteiger partial charge on any atom is 0.290 e. The number of amides is 2. The van der Waals surface area contributed by atoms with Gasteiger partial charge in [0.2, 0.25) is 17.7 Å². The van der Waals surface area contributed by atoms with Crippen LogP contribution in [0.1, 0.15) is 51.2 Å². The number of rotatable bonds is 3. The Morgan fingerprint density at radius 1 is 1.38 bits per heavy atom. The van der Waals surface area contributed by atoms with Crippen LogP contribution in [-0.4, -0.2) is 62.0 Å². The van der Waals surface area contributed by atoms with Gasteiger partial charge in [-0.05, 0) is 19.8 Å². The second-order valence-corrected chi connectivity index (χ2v) is 6.14. The third kappa shape index (κ3) is 3.39. The number of fused-ring (bicyclic) bond motifs is 1. The Balaban J connectivity index is 0.000000647. The lowest BCUT2D eigenvalue weighted by Crippen LogP contribution is -2.61. The topological polar surface area (TPSA) is 117 Å². The van der Waals surface area contributed by atoms with Crippen molar-refractivity contribution in [3.8, 4) is 0 Å². The highest BCUT2D eigenvalue weighted by molar-refractivity contribution is 5.97. The van der Waals surface area contributed by atoms with Crippen LogP contribution in [-0.2, 0) is 20.9 Å². The first-order valence-corrected chi connectivity index (χ1v) is 7.92. The summed E-state index contributed by atoms with van der Waals surface area (Å²) in [6.07, 6.45) is 1.63. The van der Waals surface area contributed by atoms with Crippen molar-refractivity contribution in [1.82, 2.24) is 19.9 Å². The summed E-state index contributed by atoms with van der Waals surface area (Å²) in [4.78, 5) is 40.8. The quantitative estimate of drug-likeness (QED) is 0.803. The van der Waals surface area contributed by atoms with E-state index in [1.807, 2.05) is 13.8 Å². The predicted molar refractivity (Wildman–Crippen MR) is 81.8 cm³/mol. The molecule has 0 unspecified atom stereocenters. The van der Waals surface area contributed by atoms with Gasteiger partial charge in [-0.25, -0.2) is 0 Å². The normalized spacial score (nSPS) is 23.2. The lowest BCUT2D eigenvalue weighted by molar-refractivity contribution is -0.159. The highest BCUT2D eigenvalue weighted by atomic mass is 16.5. The summed E-state index contributed by atoms with van der Waals surface area (Å²) < 4.78 is 5.19. The fraction of sp³-hybridized carbons (Fsp3) is 0.667. The van der Waals surface area contributed by atoms with Gasteiger partial charge in [-0.3, -0.25) is 14.4 Å². The standard InChI is InChI=1S/C14H20N4O3.CH2O2/c1-8(2)12-15-11(21-16-12)7-18-9(3)13(19)17-6-4-5-10(17)14(18)20;2-1-3/h8-10H,4-7H2,1-3H3;1H,(H,2,3)/t9-,10+;/m0./s1. The van der Waals surface area contributed by atoms with Crippen LogP contribution in [0.5, 0.6) is 0 Å². The van der Waals surface area contributed by atoms with E-state index >= 15 is 0 Å². The minimum Gasteiger partial charge on any atom is -0.483 e. The maximum absolute atomic E-state index is 12.6. The van der Waals surface area contributed by atoms with E-state index in [0.29, 0.717) is 18.3 Å². The van der Waals surface area contributed by atoms with Gasteiger partial charge in [0.05, 0.1) is 0 Å². The largest absolute Gasteiger partial charge is 0.483 e. The summed E-state index contributed by atoms with van der Waals surface area (Å²) in [5.74, 6) is 1.18. The molecule has 1 aromatic rings. The number of nitrogens with zero attached hydrogens (tertiary/aromatic N) is 4. The molecule has 2 aliphatic rings. The Labute approximate surface area is 139 Å².